The van der Waals surface area contributed by atoms with Crippen molar-refractivity contribution < 1.29 is 19.0 Å². The van der Waals surface area contributed by atoms with Crippen molar-refractivity contribution in [2.24, 2.45) is 23.7 Å². The van der Waals surface area contributed by atoms with Crippen LogP contribution in [0.25, 0.3) is 11.1 Å². The molecule has 0 amide bonds. The molecule has 0 saturated heterocycles. The van der Waals surface area contributed by atoms with Gasteiger partial charge in [-0.25, -0.2) is 4.79 Å². The van der Waals surface area contributed by atoms with Crippen molar-refractivity contribution in [2.45, 2.75) is 106 Å². The Labute approximate surface area is 273 Å². The number of ether oxygens (including phenoxy) is 3. The van der Waals surface area contributed by atoms with Crippen LogP contribution in [0.15, 0.2) is 72.8 Å². The molecule has 0 aliphatic carbocycles. The number of esters is 1. The van der Waals surface area contributed by atoms with E-state index in [4.69, 9.17) is 14.2 Å². The molecule has 4 nitrogen and oxygen atoms in total. The lowest BCUT2D eigenvalue weighted by molar-refractivity contribution is 0.0734. The molecule has 0 saturated carbocycles. The Bertz CT molecular complexity index is 1220. The zero-order chi connectivity index (χ0) is 32.4. The molecule has 0 aliphatic rings. The zero-order valence-electron chi connectivity index (χ0n) is 28.9. The second-order valence-electron chi connectivity index (χ2n) is 13.4. The molecule has 3 rings (SSSR count). The maximum absolute atomic E-state index is 12.8. The largest absolute Gasteiger partial charge is 0.494 e. The molecular weight excluding hydrogens is 556 g/mol. The van der Waals surface area contributed by atoms with E-state index in [-0.39, 0.29) is 5.97 Å². The molecule has 4 atom stereocenters. The van der Waals surface area contributed by atoms with Crippen molar-refractivity contribution in [2.75, 3.05) is 13.2 Å². The van der Waals surface area contributed by atoms with Crippen LogP contribution in [0.4, 0.5) is 0 Å². The van der Waals surface area contributed by atoms with Gasteiger partial charge in [0.25, 0.3) is 0 Å². The molecule has 3 aromatic rings. The van der Waals surface area contributed by atoms with Crippen molar-refractivity contribution in [1.82, 2.24) is 0 Å². The Morgan fingerprint density at radius 2 is 1.04 bits per heavy atom. The third-order valence-corrected chi connectivity index (χ3v) is 8.75. The SMILES string of the molecule is CCCCCCCCOc1ccc(-c2ccc(C(=O)Oc3ccc(OC[C@@H](C)C[C@H](C)C[C@H](C)C[C@H](C)CC)cc3)cc2)cc1. The van der Waals surface area contributed by atoms with Crippen LogP contribution >= 0.6 is 0 Å². The minimum Gasteiger partial charge on any atom is -0.494 e. The molecule has 0 heterocycles. The standard InChI is InChI=1S/C41H58O4/c1-7-9-10-11-12-13-26-43-38-20-18-36(19-21-38)35-14-16-37(17-15-35)41(42)45-40-24-22-39(23-25-40)44-30-34(6)29-33(5)28-32(4)27-31(3)8-2/h14-25,31-34H,7-13,26-30H2,1-6H3/t31-,32-,33-,34+/m1/s1. The van der Waals surface area contributed by atoms with Crippen LogP contribution in [-0.4, -0.2) is 19.2 Å². The summed E-state index contributed by atoms with van der Waals surface area (Å²) < 4.78 is 17.6. The number of hydrogen-bond donors (Lipinski definition) is 0. The zero-order valence-corrected chi connectivity index (χ0v) is 28.9. The Balaban J connectivity index is 1.39. The van der Waals surface area contributed by atoms with Gasteiger partial charge in [0.05, 0.1) is 18.8 Å². The maximum Gasteiger partial charge on any atom is 0.343 e. The highest BCUT2D eigenvalue weighted by atomic mass is 16.5. The van der Waals surface area contributed by atoms with Gasteiger partial charge in [0.15, 0.2) is 0 Å². The Kier molecular flexibility index (Phi) is 16.1. The van der Waals surface area contributed by atoms with Gasteiger partial charge < -0.3 is 14.2 Å². The van der Waals surface area contributed by atoms with Gasteiger partial charge >= 0.3 is 5.97 Å². The molecule has 0 N–H and O–H groups in total. The van der Waals surface area contributed by atoms with Crippen molar-refractivity contribution in [3.63, 3.8) is 0 Å². The smallest absolute Gasteiger partial charge is 0.343 e. The third-order valence-electron chi connectivity index (χ3n) is 8.75. The number of rotatable bonds is 21. The van der Waals surface area contributed by atoms with Crippen LogP contribution < -0.4 is 14.2 Å². The molecule has 246 valence electrons. The summed E-state index contributed by atoms with van der Waals surface area (Å²) in [5, 5.41) is 0. The minimum atomic E-state index is -0.376. The van der Waals surface area contributed by atoms with E-state index in [2.05, 4.69) is 53.7 Å². The summed E-state index contributed by atoms with van der Waals surface area (Å²) in [7, 11) is 0. The first-order valence-corrected chi connectivity index (χ1v) is 17.6. The second-order valence-corrected chi connectivity index (χ2v) is 13.4. The summed E-state index contributed by atoms with van der Waals surface area (Å²) in [6.07, 6.45) is 12.6. The number of hydrogen-bond acceptors (Lipinski definition) is 4. The summed E-state index contributed by atoms with van der Waals surface area (Å²) in [5.41, 5.74) is 2.64. The lowest BCUT2D eigenvalue weighted by Crippen LogP contribution is -2.14. The fraction of sp³-hybridized carbons (Fsp3) is 0.537. The molecule has 0 radical (unpaired) electrons. The van der Waals surface area contributed by atoms with E-state index in [9.17, 15) is 4.79 Å². The topological polar surface area (TPSA) is 44.8 Å². The highest BCUT2D eigenvalue weighted by Crippen LogP contribution is 2.27. The molecule has 0 bridgehead atoms. The van der Waals surface area contributed by atoms with Gasteiger partial charge in [0, 0.05) is 0 Å². The van der Waals surface area contributed by atoms with Crippen LogP contribution in [0, 0.1) is 23.7 Å². The molecule has 0 unspecified atom stereocenters. The van der Waals surface area contributed by atoms with Crippen LogP contribution in [-0.2, 0) is 0 Å². The van der Waals surface area contributed by atoms with Gasteiger partial charge in [0.2, 0.25) is 0 Å². The van der Waals surface area contributed by atoms with Crippen LogP contribution in [0.1, 0.15) is 116 Å². The summed E-state index contributed by atoms with van der Waals surface area (Å²) in [6, 6.07) is 23.0. The molecule has 4 heteroatoms. The van der Waals surface area contributed by atoms with Gasteiger partial charge in [-0.3, -0.25) is 0 Å². The molecule has 0 fully saturated rings. The second kappa shape index (κ2) is 20.0. The quantitative estimate of drug-likeness (QED) is 0.0680. The highest BCUT2D eigenvalue weighted by Gasteiger charge is 2.15. The van der Waals surface area contributed by atoms with Crippen molar-refractivity contribution in [1.29, 1.82) is 0 Å². The van der Waals surface area contributed by atoms with Crippen LogP contribution in [0.3, 0.4) is 0 Å². The van der Waals surface area contributed by atoms with E-state index in [1.807, 2.05) is 48.5 Å². The summed E-state index contributed by atoms with van der Waals surface area (Å²) >= 11 is 0. The van der Waals surface area contributed by atoms with Gasteiger partial charge in [-0.05, 0) is 109 Å². The van der Waals surface area contributed by atoms with Crippen molar-refractivity contribution in [3.8, 4) is 28.4 Å². The lowest BCUT2D eigenvalue weighted by atomic mass is 9.85. The fourth-order valence-corrected chi connectivity index (χ4v) is 6.11. The van der Waals surface area contributed by atoms with Crippen molar-refractivity contribution in [3.05, 3.63) is 78.4 Å². The average Bonchev–Trinajstić information content (AvgIpc) is 3.04. The number of carbonyl (C=O) groups is 1. The first-order valence-electron chi connectivity index (χ1n) is 17.6. The molecule has 0 spiro atoms. The van der Waals surface area contributed by atoms with E-state index < -0.39 is 0 Å². The van der Waals surface area contributed by atoms with E-state index in [0.717, 1.165) is 47.5 Å². The van der Waals surface area contributed by atoms with Gasteiger partial charge in [-0.2, -0.15) is 0 Å². The minimum absolute atomic E-state index is 0.376. The number of benzene rings is 3. The summed E-state index contributed by atoms with van der Waals surface area (Å²) in [6.45, 7) is 15.3. The van der Waals surface area contributed by atoms with Gasteiger partial charge in [-0.1, -0.05) is 104 Å². The van der Waals surface area contributed by atoms with E-state index >= 15 is 0 Å². The molecular formula is C41H58O4. The fourth-order valence-electron chi connectivity index (χ4n) is 6.11. The average molecular weight is 615 g/mol. The Morgan fingerprint density at radius 1 is 0.556 bits per heavy atom. The normalized spacial score (nSPS) is 13.9. The van der Waals surface area contributed by atoms with Gasteiger partial charge in [0.1, 0.15) is 17.2 Å². The Morgan fingerprint density at radius 3 is 1.67 bits per heavy atom. The summed E-state index contributed by atoms with van der Waals surface area (Å²) in [4.78, 5) is 12.8. The first kappa shape index (κ1) is 36.2. The number of unbranched alkanes of at least 4 members (excludes halogenated alkanes) is 5. The van der Waals surface area contributed by atoms with E-state index in [0.29, 0.717) is 29.8 Å². The lowest BCUT2D eigenvalue weighted by Gasteiger charge is -2.22. The van der Waals surface area contributed by atoms with Crippen LogP contribution in [0.5, 0.6) is 17.2 Å². The first-order chi connectivity index (χ1) is 21.8. The monoisotopic (exact) mass is 614 g/mol. The van der Waals surface area contributed by atoms with Crippen molar-refractivity contribution >= 4 is 5.97 Å². The predicted molar refractivity (Wildman–Crippen MR) is 188 cm³/mol. The van der Waals surface area contributed by atoms with Gasteiger partial charge in [-0.15, -0.1) is 0 Å². The predicted octanol–water partition coefficient (Wildman–Crippen LogP) is 11.8. The molecule has 0 aromatic heterocycles. The number of carbonyl (C=O) groups excluding carboxylic acids is 1. The maximum atomic E-state index is 12.8. The highest BCUT2D eigenvalue weighted by molar-refractivity contribution is 5.91. The molecule has 3 aromatic carbocycles. The van der Waals surface area contributed by atoms with Crippen LogP contribution in [0.2, 0.25) is 0 Å². The van der Waals surface area contributed by atoms with E-state index in [1.165, 1.54) is 57.8 Å². The Hall–Kier alpha value is -3.27. The molecule has 0 aliphatic heterocycles. The van der Waals surface area contributed by atoms with E-state index in [1.54, 1.807) is 12.1 Å². The molecule has 45 heavy (non-hydrogen) atoms. The summed E-state index contributed by atoms with van der Waals surface area (Å²) in [5.74, 6) is 4.57. The third kappa shape index (κ3) is 13.7.